The number of thiol groups is 1. The number of carbonyl (C=O) groups excluding carboxylic acids is 1. The Hall–Kier alpha value is -3.11. The highest BCUT2D eigenvalue weighted by Crippen LogP contribution is 2.28. The van der Waals surface area contributed by atoms with E-state index < -0.39 is 0 Å². The molecule has 1 amide bonds. The summed E-state index contributed by atoms with van der Waals surface area (Å²) < 4.78 is 10.5. The molecule has 2 N–H and O–H groups in total. The highest BCUT2D eigenvalue weighted by Gasteiger charge is 2.17. The maximum Gasteiger partial charge on any atom is 0.263 e. The third-order valence-electron chi connectivity index (χ3n) is 6.04. The maximum atomic E-state index is 11.2. The topological polar surface area (TPSA) is 102 Å². The summed E-state index contributed by atoms with van der Waals surface area (Å²) in [5.41, 5.74) is 3.95. The van der Waals surface area contributed by atoms with Crippen molar-refractivity contribution >= 4 is 41.1 Å². The molecule has 2 aliphatic heterocycles. The number of carbonyl (C=O) groups is 1. The van der Waals surface area contributed by atoms with Crippen molar-refractivity contribution in [2.24, 2.45) is 0 Å². The molecule has 0 aliphatic carbocycles. The molecule has 9 nitrogen and oxygen atoms in total. The molecule has 0 atom stereocenters. The molecule has 5 heterocycles. The number of hydrogen-bond donors (Lipinski definition) is 3. The predicted octanol–water partition coefficient (Wildman–Crippen LogP) is 3.84. The lowest BCUT2D eigenvalue weighted by Crippen LogP contribution is -2.29. The van der Waals surface area contributed by atoms with E-state index in [0.29, 0.717) is 24.0 Å². The van der Waals surface area contributed by atoms with Gasteiger partial charge in [0.1, 0.15) is 5.52 Å². The maximum absolute atomic E-state index is 11.2. The second-order valence-electron chi connectivity index (χ2n) is 8.69. The minimum absolute atomic E-state index is 0.0655. The van der Waals surface area contributed by atoms with Gasteiger partial charge in [-0.2, -0.15) is 12.6 Å². The Morgan fingerprint density at radius 3 is 2.78 bits per heavy atom. The Balaban J connectivity index is 0.000000169. The van der Waals surface area contributed by atoms with Crippen molar-refractivity contribution in [1.82, 2.24) is 20.3 Å². The van der Waals surface area contributed by atoms with Crippen molar-refractivity contribution in [3.8, 4) is 11.6 Å². The molecule has 0 bridgehead atoms. The lowest BCUT2D eigenvalue weighted by Gasteiger charge is -2.29. The highest BCUT2D eigenvalue weighted by atomic mass is 32.1. The average Bonchev–Trinajstić information content (AvgIpc) is 2.93. The number of hydrogen-bond acceptors (Lipinski definition) is 9. The van der Waals surface area contributed by atoms with Crippen molar-refractivity contribution in [3.63, 3.8) is 0 Å². The van der Waals surface area contributed by atoms with Crippen LogP contribution in [0.15, 0.2) is 36.5 Å². The van der Waals surface area contributed by atoms with Crippen LogP contribution in [0.25, 0.3) is 11.0 Å². The molecule has 0 aromatic carbocycles. The summed E-state index contributed by atoms with van der Waals surface area (Å²) in [5, 5.41) is 6.00. The molecule has 2 aliphatic rings. The molecule has 5 rings (SSSR count). The number of fused-ring (bicyclic) bond motifs is 2. The van der Waals surface area contributed by atoms with E-state index in [1.807, 2.05) is 30.5 Å². The summed E-state index contributed by atoms with van der Waals surface area (Å²) >= 11 is 4.16. The van der Waals surface area contributed by atoms with Gasteiger partial charge in [0.2, 0.25) is 5.88 Å². The van der Waals surface area contributed by atoms with Crippen LogP contribution in [0, 0.1) is 0 Å². The largest absolute Gasteiger partial charge is 0.481 e. The van der Waals surface area contributed by atoms with Crippen LogP contribution >= 0.6 is 12.6 Å². The van der Waals surface area contributed by atoms with Crippen LogP contribution in [0.1, 0.15) is 37.8 Å². The summed E-state index contributed by atoms with van der Waals surface area (Å²) in [7, 11) is 1.64. The van der Waals surface area contributed by atoms with E-state index in [9.17, 15) is 4.79 Å². The number of amides is 1. The van der Waals surface area contributed by atoms with E-state index in [4.69, 9.17) is 9.47 Å². The quantitative estimate of drug-likeness (QED) is 0.310. The second kappa shape index (κ2) is 13.3. The molecule has 3 aromatic rings. The first-order chi connectivity index (χ1) is 17.7. The smallest absolute Gasteiger partial charge is 0.263 e. The van der Waals surface area contributed by atoms with Crippen molar-refractivity contribution in [2.45, 2.75) is 38.6 Å². The van der Waals surface area contributed by atoms with Crippen LogP contribution in [0.2, 0.25) is 0 Å². The van der Waals surface area contributed by atoms with Gasteiger partial charge in [-0.3, -0.25) is 9.78 Å². The zero-order chi connectivity index (χ0) is 25.2. The molecule has 0 unspecified atom stereocenters. The van der Waals surface area contributed by atoms with Crippen LogP contribution in [-0.2, 0) is 11.3 Å². The second-order valence-corrected chi connectivity index (χ2v) is 9.14. The van der Waals surface area contributed by atoms with Crippen LogP contribution in [0.5, 0.6) is 11.6 Å². The number of aromatic nitrogens is 3. The van der Waals surface area contributed by atoms with Crippen molar-refractivity contribution < 1.29 is 14.3 Å². The van der Waals surface area contributed by atoms with E-state index in [0.717, 1.165) is 55.0 Å². The summed E-state index contributed by atoms with van der Waals surface area (Å²) in [4.78, 5) is 26.8. The fourth-order valence-electron chi connectivity index (χ4n) is 4.18. The normalized spacial score (nSPS) is 14.8. The summed E-state index contributed by atoms with van der Waals surface area (Å²) in [6.45, 7) is 3.92. The number of pyridine rings is 3. The molecule has 0 saturated carbocycles. The molecule has 192 valence electrons. The number of anilines is 2. The number of ether oxygens (including phenoxy) is 2. The number of nitrogens with one attached hydrogen (secondary N) is 2. The van der Waals surface area contributed by atoms with E-state index in [2.05, 4.69) is 49.2 Å². The number of rotatable bonds is 8. The minimum atomic E-state index is -0.158. The number of methoxy groups -OCH3 is 1. The fourth-order valence-corrected chi connectivity index (χ4v) is 4.40. The number of unbranched alkanes of at least 4 members (excludes halogenated alkanes) is 1. The van der Waals surface area contributed by atoms with Crippen molar-refractivity contribution in [1.29, 1.82) is 0 Å². The third kappa shape index (κ3) is 6.98. The first-order valence-electron chi connectivity index (χ1n) is 12.5. The van der Waals surface area contributed by atoms with Gasteiger partial charge in [0.15, 0.2) is 18.2 Å². The van der Waals surface area contributed by atoms with Gasteiger partial charge in [-0.25, -0.2) is 9.97 Å². The molecule has 0 radical (unpaired) electrons. The number of piperidine rings is 1. The van der Waals surface area contributed by atoms with E-state index in [1.165, 1.54) is 24.9 Å². The zero-order valence-electron chi connectivity index (χ0n) is 20.7. The molecular formula is C26H34N6O3S. The van der Waals surface area contributed by atoms with Crippen molar-refractivity contribution in [2.75, 3.05) is 49.3 Å². The molecule has 0 spiro atoms. The Bertz CT molecular complexity index is 1160. The monoisotopic (exact) mass is 510 g/mol. The molecule has 36 heavy (non-hydrogen) atoms. The van der Waals surface area contributed by atoms with Gasteiger partial charge in [0.25, 0.3) is 5.91 Å². The third-order valence-corrected chi connectivity index (χ3v) is 6.36. The van der Waals surface area contributed by atoms with Crippen LogP contribution < -0.4 is 25.0 Å². The van der Waals surface area contributed by atoms with Gasteiger partial charge in [0, 0.05) is 31.9 Å². The molecule has 10 heteroatoms. The van der Waals surface area contributed by atoms with E-state index in [1.54, 1.807) is 7.11 Å². The van der Waals surface area contributed by atoms with Gasteiger partial charge in [-0.1, -0.05) is 0 Å². The Morgan fingerprint density at radius 1 is 1.11 bits per heavy atom. The molecule has 1 fully saturated rings. The summed E-state index contributed by atoms with van der Waals surface area (Å²) in [6.07, 6.45) is 7.92. The molecule has 1 saturated heterocycles. The van der Waals surface area contributed by atoms with Gasteiger partial charge in [-0.05, 0) is 68.7 Å². The van der Waals surface area contributed by atoms with Gasteiger partial charge < -0.3 is 25.0 Å². The van der Waals surface area contributed by atoms with Crippen LogP contribution in [-0.4, -0.2) is 60.0 Å². The number of nitrogens with zero attached hydrogens (tertiary/aromatic N) is 4. The molecular weight excluding hydrogens is 476 g/mol. The molecule has 3 aromatic heterocycles. The van der Waals surface area contributed by atoms with E-state index in [-0.39, 0.29) is 12.5 Å². The van der Waals surface area contributed by atoms with Crippen molar-refractivity contribution in [3.05, 3.63) is 42.2 Å². The van der Waals surface area contributed by atoms with E-state index >= 15 is 0 Å². The lowest BCUT2D eigenvalue weighted by molar-refractivity contribution is -0.118. The van der Waals surface area contributed by atoms with Gasteiger partial charge in [0.05, 0.1) is 24.0 Å². The fraction of sp³-hybridized carbons (Fsp3) is 0.462. The zero-order valence-corrected chi connectivity index (χ0v) is 21.6. The van der Waals surface area contributed by atoms with Crippen LogP contribution in [0.3, 0.4) is 0 Å². The first-order valence-corrected chi connectivity index (χ1v) is 13.1. The Labute approximate surface area is 217 Å². The Morgan fingerprint density at radius 2 is 1.97 bits per heavy atom. The average molecular weight is 511 g/mol. The standard InChI is InChI=1S/C14H17N3O.C12H17N3O2S/c1-18-13-6-5-11-14(16-13)12(7-8-15-11)17-9-3-2-4-10-17;16-11-8-17-10-4-3-9(14-12(10)15-11)7-13-5-1-2-6-18/h5-8H,2-4,9-10H2,1H3;3-4,13,18H,1-2,5-8H2,(H,14,15,16). The summed E-state index contributed by atoms with van der Waals surface area (Å²) in [5.74, 6) is 2.55. The van der Waals surface area contributed by atoms with Gasteiger partial charge in [-0.15, -0.1) is 0 Å². The Kier molecular flexibility index (Phi) is 9.57. The SMILES string of the molecule is COc1ccc2nccc(N3CCCCC3)c2n1.O=C1COc2ccc(CNCCCCS)nc2N1. The van der Waals surface area contributed by atoms with Gasteiger partial charge >= 0.3 is 0 Å². The first kappa shape index (κ1) is 26.0. The minimum Gasteiger partial charge on any atom is -0.481 e. The predicted molar refractivity (Wildman–Crippen MR) is 145 cm³/mol. The van der Waals surface area contributed by atoms with Crippen LogP contribution in [0.4, 0.5) is 11.5 Å². The summed E-state index contributed by atoms with van der Waals surface area (Å²) in [6, 6.07) is 9.62. The highest BCUT2D eigenvalue weighted by molar-refractivity contribution is 7.80. The lowest BCUT2D eigenvalue weighted by atomic mass is 10.1.